The molecule has 0 radical (unpaired) electrons. The molecule has 3 heterocycles. The molecule has 0 aliphatic carbocycles. The van der Waals surface area contributed by atoms with Crippen LogP contribution in [0.4, 0.5) is 0 Å². The maximum atomic E-state index is 6.04. The molecule has 0 spiro atoms. The lowest BCUT2D eigenvalue weighted by molar-refractivity contribution is -0.182. The minimum Gasteiger partial charge on any atom is -0.353 e. The number of hydrogen-bond acceptors (Lipinski definition) is 6. The lowest BCUT2D eigenvalue weighted by atomic mass is 10.1. The molecule has 106 valence electrons. The Balaban J connectivity index is 1.83. The van der Waals surface area contributed by atoms with Gasteiger partial charge in [0.05, 0.1) is 0 Å². The number of halogens is 1. The Morgan fingerprint density at radius 3 is 3.05 bits per heavy atom. The predicted octanol–water partition coefficient (Wildman–Crippen LogP) is 3.22. The molecule has 0 saturated carbocycles. The fourth-order valence-electron chi connectivity index (χ4n) is 2.11. The number of ether oxygens (including phenoxy) is 2. The van der Waals surface area contributed by atoms with E-state index in [1.807, 2.05) is 12.1 Å². The predicted molar refractivity (Wildman–Crippen MR) is 75.7 cm³/mol. The minimum atomic E-state index is -0.393. The molecule has 20 heavy (non-hydrogen) atoms. The van der Waals surface area contributed by atoms with Crippen LogP contribution in [-0.2, 0) is 9.47 Å². The molecule has 3 rings (SSSR count). The van der Waals surface area contributed by atoms with Crippen LogP contribution in [0.2, 0.25) is 4.47 Å². The Morgan fingerprint density at radius 2 is 2.40 bits per heavy atom. The zero-order chi connectivity index (χ0) is 13.8. The van der Waals surface area contributed by atoms with Gasteiger partial charge in [0.15, 0.2) is 12.1 Å². The first-order chi connectivity index (χ1) is 9.83. The highest BCUT2D eigenvalue weighted by atomic mass is 35.5. The van der Waals surface area contributed by atoms with Gasteiger partial charge in [-0.3, -0.25) is 4.98 Å². The van der Waals surface area contributed by atoms with Crippen molar-refractivity contribution in [2.75, 3.05) is 6.61 Å². The van der Waals surface area contributed by atoms with Crippen molar-refractivity contribution in [3.63, 3.8) is 0 Å². The lowest BCUT2D eigenvalue weighted by Crippen LogP contribution is -2.25. The molecule has 7 heteroatoms. The Hall–Kier alpha value is -1.08. The smallest absolute Gasteiger partial charge is 0.203 e. The van der Waals surface area contributed by atoms with Gasteiger partial charge >= 0.3 is 0 Å². The SMILES string of the molecule is Clc1nc(C(OC2CCCCO2)c2cccnc2)ns1. The zero-order valence-electron chi connectivity index (χ0n) is 10.7. The number of aromatic nitrogens is 3. The van der Waals surface area contributed by atoms with E-state index < -0.39 is 6.10 Å². The fourth-order valence-corrected chi connectivity index (χ4v) is 2.74. The van der Waals surface area contributed by atoms with Gasteiger partial charge in [-0.05, 0) is 48.5 Å². The number of pyridine rings is 1. The van der Waals surface area contributed by atoms with Gasteiger partial charge in [0.1, 0.15) is 6.10 Å². The molecule has 5 nitrogen and oxygen atoms in total. The Labute approximate surface area is 126 Å². The van der Waals surface area contributed by atoms with Crippen molar-refractivity contribution >= 4 is 23.1 Å². The average Bonchev–Trinajstić information content (AvgIpc) is 2.93. The summed E-state index contributed by atoms with van der Waals surface area (Å²) in [5.41, 5.74) is 0.899. The molecule has 2 atom stereocenters. The molecule has 2 aromatic heterocycles. The molecule has 1 fully saturated rings. The summed E-state index contributed by atoms with van der Waals surface area (Å²) in [6.45, 7) is 0.732. The highest BCUT2D eigenvalue weighted by Crippen LogP contribution is 2.29. The van der Waals surface area contributed by atoms with E-state index in [-0.39, 0.29) is 6.29 Å². The first-order valence-corrected chi connectivity index (χ1v) is 7.64. The van der Waals surface area contributed by atoms with E-state index in [4.69, 9.17) is 21.1 Å². The van der Waals surface area contributed by atoms with Crippen molar-refractivity contribution in [2.45, 2.75) is 31.7 Å². The topological polar surface area (TPSA) is 57.1 Å². The summed E-state index contributed by atoms with van der Waals surface area (Å²) in [5, 5.41) is 0. The highest BCUT2D eigenvalue weighted by Gasteiger charge is 2.25. The van der Waals surface area contributed by atoms with Crippen molar-refractivity contribution in [3.05, 3.63) is 40.4 Å². The maximum absolute atomic E-state index is 6.04. The molecular weight excluding hydrogens is 298 g/mol. The van der Waals surface area contributed by atoms with Crippen LogP contribution in [0.15, 0.2) is 24.5 Å². The van der Waals surface area contributed by atoms with Gasteiger partial charge in [-0.15, -0.1) is 0 Å². The molecule has 0 aromatic carbocycles. The number of rotatable bonds is 4. The number of nitrogens with zero attached hydrogens (tertiary/aromatic N) is 3. The second kappa shape index (κ2) is 6.58. The van der Waals surface area contributed by atoms with Crippen LogP contribution in [-0.4, -0.2) is 27.2 Å². The monoisotopic (exact) mass is 311 g/mol. The van der Waals surface area contributed by atoms with E-state index >= 15 is 0 Å². The van der Waals surface area contributed by atoms with Gasteiger partial charge in [0.2, 0.25) is 4.47 Å². The normalized spacial score (nSPS) is 20.8. The van der Waals surface area contributed by atoms with Crippen molar-refractivity contribution in [3.8, 4) is 0 Å². The summed E-state index contributed by atoms with van der Waals surface area (Å²) in [6, 6.07) is 3.80. The summed E-state index contributed by atoms with van der Waals surface area (Å²) in [4.78, 5) is 8.34. The zero-order valence-corrected chi connectivity index (χ0v) is 12.3. The molecule has 0 bridgehead atoms. The summed E-state index contributed by atoms with van der Waals surface area (Å²) < 4.78 is 16.3. The van der Waals surface area contributed by atoms with Gasteiger partial charge in [-0.25, -0.2) is 4.98 Å². The van der Waals surface area contributed by atoms with E-state index in [0.717, 1.165) is 43.0 Å². The van der Waals surface area contributed by atoms with Crippen molar-refractivity contribution in [1.82, 2.24) is 14.3 Å². The van der Waals surface area contributed by atoms with E-state index in [1.54, 1.807) is 12.4 Å². The van der Waals surface area contributed by atoms with Crippen molar-refractivity contribution in [2.24, 2.45) is 0 Å². The van der Waals surface area contributed by atoms with Crippen LogP contribution in [0, 0.1) is 0 Å². The van der Waals surface area contributed by atoms with Crippen LogP contribution >= 0.6 is 23.1 Å². The second-order valence-electron chi connectivity index (χ2n) is 4.50. The van der Waals surface area contributed by atoms with Crippen molar-refractivity contribution < 1.29 is 9.47 Å². The van der Waals surface area contributed by atoms with E-state index in [9.17, 15) is 0 Å². The van der Waals surface area contributed by atoms with Gasteiger partial charge in [0, 0.05) is 24.6 Å². The van der Waals surface area contributed by atoms with Crippen molar-refractivity contribution in [1.29, 1.82) is 0 Å². The summed E-state index contributed by atoms with van der Waals surface area (Å²) in [7, 11) is 0. The standard InChI is InChI=1S/C13H14ClN3O2S/c14-13-16-12(17-20-13)11(9-4-3-6-15-8-9)19-10-5-1-2-7-18-10/h3-4,6,8,10-11H,1-2,5,7H2. The van der Waals surface area contributed by atoms with Crippen LogP contribution < -0.4 is 0 Å². The second-order valence-corrected chi connectivity index (χ2v) is 5.84. The van der Waals surface area contributed by atoms with Crippen LogP contribution in [0.1, 0.15) is 36.8 Å². The van der Waals surface area contributed by atoms with Gasteiger partial charge in [-0.2, -0.15) is 4.37 Å². The largest absolute Gasteiger partial charge is 0.353 e. The number of hydrogen-bond donors (Lipinski definition) is 0. The minimum absolute atomic E-state index is 0.226. The summed E-state index contributed by atoms with van der Waals surface area (Å²) >= 11 is 7.03. The fraction of sp³-hybridized carbons (Fsp3) is 0.462. The summed E-state index contributed by atoms with van der Waals surface area (Å²) in [5.74, 6) is 0.558. The van der Waals surface area contributed by atoms with E-state index in [2.05, 4.69) is 14.3 Å². The third kappa shape index (κ3) is 3.32. The van der Waals surface area contributed by atoms with Gasteiger partial charge < -0.3 is 9.47 Å². The third-order valence-corrected chi connectivity index (χ3v) is 3.88. The van der Waals surface area contributed by atoms with E-state index in [0.29, 0.717) is 10.3 Å². The molecule has 1 aliphatic heterocycles. The van der Waals surface area contributed by atoms with E-state index in [1.165, 1.54) is 0 Å². The maximum Gasteiger partial charge on any atom is 0.203 e. The Kier molecular flexibility index (Phi) is 4.57. The molecule has 0 amide bonds. The first kappa shape index (κ1) is 13.9. The molecule has 1 saturated heterocycles. The van der Waals surface area contributed by atoms with Gasteiger partial charge in [-0.1, -0.05) is 6.07 Å². The van der Waals surface area contributed by atoms with Crippen LogP contribution in [0.5, 0.6) is 0 Å². The highest BCUT2D eigenvalue weighted by molar-refractivity contribution is 7.10. The van der Waals surface area contributed by atoms with Crippen LogP contribution in [0.25, 0.3) is 0 Å². The Bertz CT molecular complexity index is 546. The molecular formula is C13H14ClN3O2S. The third-order valence-electron chi connectivity index (χ3n) is 3.06. The van der Waals surface area contributed by atoms with Gasteiger partial charge in [0.25, 0.3) is 0 Å². The molecule has 1 aliphatic rings. The quantitative estimate of drug-likeness (QED) is 0.867. The van der Waals surface area contributed by atoms with Crippen LogP contribution in [0.3, 0.4) is 0 Å². The molecule has 2 aromatic rings. The molecule has 0 N–H and O–H groups in total. The summed E-state index contributed by atoms with van der Waals surface area (Å²) in [6.07, 6.45) is 5.93. The molecule has 2 unspecified atom stereocenters. The average molecular weight is 312 g/mol. The Morgan fingerprint density at radius 1 is 1.45 bits per heavy atom. The lowest BCUT2D eigenvalue weighted by Gasteiger charge is -2.26. The first-order valence-electron chi connectivity index (χ1n) is 6.49.